The van der Waals surface area contributed by atoms with E-state index in [4.69, 9.17) is 10.8 Å². The molecule has 7 nitrogen and oxygen atoms in total. The Labute approximate surface area is 208 Å². The first-order valence-electron chi connectivity index (χ1n) is 11.9. The number of fused-ring (bicyclic) bond motifs is 1. The number of rotatable bonds is 6. The number of aromatic nitrogens is 2. The van der Waals surface area contributed by atoms with Crippen LogP contribution in [-0.4, -0.2) is 38.1 Å². The lowest BCUT2D eigenvalue weighted by Crippen LogP contribution is -2.37. The first kappa shape index (κ1) is 25.2. The number of nitrogens with zero attached hydrogens (tertiary/aromatic N) is 3. The number of halogens is 1. The SMILES string of the molecule is CC.CC1(NSc2cc(C3(F)CCNCC3)c3cnc(C(=N)SC(=N)C4(C#N)CC4)n3c2)CC1. The summed E-state index contributed by atoms with van der Waals surface area (Å²) in [5, 5.41) is 29.8. The van der Waals surface area contributed by atoms with Gasteiger partial charge in [0.05, 0.1) is 22.8 Å². The maximum atomic E-state index is 16.1. The summed E-state index contributed by atoms with van der Waals surface area (Å²) < 4.78 is 21.4. The molecule has 2 aromatic heterocycles. The van der Waals surface area contributed by atoms with Gasteiger partial charge in [0.2, 0.25) is 0 Å². The highest BCUT2D eigenvalue weighted by Gasteiger charge is 2.48. The summed E-state index contributed by atoms with van der Waals surface area (Å²) in [6, 6.07) is 4.13. The summed E-state index contributed by atoms with van der Waals surface area (Å²) in [5.74, 6) is 0.377. The number of alkyl halides is 1. The molecular weight excluding hydrogens is 469 g/mol. The molecule has 4 N–H and O–H groups in total. The molecule has 0 amide bonds. The van der Waals surface area contributed by atoms with E-state index in [-0.39, 0.29) is 15.6 Å². The van der Waals surface area contributed by atoms with Crippen LogP contribution in [0.25, 0.3) is 5.52 Å². The van der Waals surface area contributed by atoms with E-state index in [2.05, 4.69) is 28.0 Å². The number of nitrogens with one attached hydrogen (secondary N) is 4. The minimum atomic E-state index is -1.45. The molecule has 1 saturated heterocycles. The molecule has 0 radical (unpaired) electrons. The largest absolute Gasteiger partial charge is 0.316 e. The third kappa shape index (κ3) is 4.89. The van der Waals surface area contributed by atoms with Crippen molar-refractivity contribution in [1.82, 2.24) is 19.4 Å². The van der Waals surface area contributed by atoms with Gasteiger partial charge in [-0.3, -0.25) is 19.9 Å². The Balaban J connectivity index is 0.00000133. The van der Waals surface area contributed by atoms with Gasteiger partial charge in [-0.25, -0.2) is 9.37 Å². The van der Waals surface area contributed by atoms with Crippen molar-refractivity contribution in [3.63, 3.8) is 0 Å². The van der Waals surface area contributed by atoms with Crippen LogP contribution in [0.2, 0.25) is 0 Å². The molecule has 0 unspecified atom stereocenters. The first-order chi connectivity index (χ1) is 16.3. The molecule has 0 aromatic carbocycles. The zero-order valence-electron chi connectivity index (χ0n) is 19.9. The topological polar surface area (TPSA) is 113 Å². The number of imidazole rings is 1. The zero-order chi connectivity index (χ0) is 24.6. The zero-order valence-corrected chi connectivity index (χ0v) is 21.6. The fourth-order valence-corrected chi connectivity index (χ4v) is 5.77. The molecule has 3 fully saturated rings. The monoisotopic (exact) mass is 501 g/mol. The normalized spacial score (nSPS) is 21.1. The molecule has 3 heterocycles. The van der Waals surface area contributed by atoms with Gasteiger partial charge in [0, 0.05) is 22.2 Å². The minimum absolute atomic E-state index is 0.102. The highest BCUT2D eigenvalue weighted by atomic mass is 32.2. The highest BCUT2D eigenvalue weighted by Crippen LogP contribution is 2.49. The van der Waals surface area contributed by atoms with Gasteiger partial charge < -0.3 is 5.32 Å². The molecule has 2 aromatic rings. The van der Waals surface area contributed by atoms with E-state index in [9.17, 15) is 5.26 Å². The van der Waals surface area contributed by atoms with Crippen LogP contribution < -0.4 is 10.0 Å². The van der Waals surface area contributed by atoms with Crippen molar-refractivity contribution in [2.24, 2.45) is 5.41 Å². The molecule has 3 aliphatic rings. The Morgan fingerprint density at radius 2 is 1.88 bits per heavy atom. The van der Waals surface area contributed by atoms with Crippen molar-refractivity contribution in [2.75, 3.05) is 13.1 Å². The number of pyridine rings is 1. The Kier molecular flexibility index (Phi) is 7.11. The van der Waals surface area contributed by atoms with Gasteiger partial charge in [0.25, 0.3) is 0 Å². The molecule has 0 atom stereocenters. The summed E-state index contributed by atoms with van der Waals surface area (Å²) in [6.07, 6.45) is 7.88. The van der Waals surface area contributed by atoms with Gasteiger partial charge in [0.1, 0.15) is 16.1 Å². The van der Waals surface area contributed by atoms with Crippen molar-refractivity contribution in [1.29, 1.82) is 16.1 Å². The third-order valence-electron chi connectivity index (χ3n) is 6.72. The predicted molar refractivity (Wildman–Crippen MR) is 137 cm³/mol. The summed E-state index contributed by atoms with van der Waals surface area (Å²) in [6.45, 7) is 7.42. The molecule has 5 rings (SSSR count). The first-order valence-corrected chi connectivity index (χ1v) is 13.5. The summed E-state index contributed by atoms with van der Waals surface area (Å²) in [4.78, 5) is 5.33. The number of nitriles is 1. The van der Waals surface area contributed by atoms with Gasteiger partial charge in [-0.15, -0.1) is 0 Å². The summed E-state index contributed by atoms with van der Waals surface area (Å²) >= 11 is 2.47. The predicted octanol–water partition coefficient (Wildman–Crippen LogP) is 5.40. The van der Waals surface area contributed by atoms with E-state index < -0.39 is 11.1 Å². The van der Waals surface area contributed by atoms with Gasteiger partial charge in [-0.05, 0) is 76.6 Å². The van der Waals surface area contributed by atoms with E-state index in [0.717, 1.165) is 29.5 Å². The Hall–Kier alpha value is -1.93. The van der Waals surface area contributed by atoms with Crippen LogP contribution in [0.15, 0.2) is 23.4 Å². The lowest BCUT2D eigenvalue weighted by molar-refractivity contribution is 0.116. The van der Waals surface area contributed by atoms with Crippen LogP contribution in [0.4, 0.5) is 4.39 Å². The van der Waals surface area contributed by atoms with Gasteiger partial charge in [0.15, 0.2) is 5.82 Å². The number of thioether (sulfide) groups is 1. The minimum Gasteiger partial charge on any atom is -0.316 e. The van der Waals surface area contributed by atoms with Crippen molar-refractivity contribution in [2.45, 2.75) is 75.4 Å². The molecule has 34 heavy (non-hydrogen) atoms. The van der Waals surface area contributed by atoms with Crippen LogP contribution >= 0.6 is 23.7 Å². The Morgan fingerprint density at radius 1 is 1.21 bits per heavy atom. The van der Waals surface area contributed by atoms with Crippen molar-refractivity contribution < 1.29 is 4.39 Å². The standard InChI is InChI=1S/C22H26FN7S2.C2H6/c1-20(2-3-20)29-32-14-10-15(22(23)6-8-27-9-7-22)16-11-28-18(30(16)12-14)17(25)31-19(26)21(13-24)4-5-21;1-2/h10-12,25-27,29H,2-9H2,1H3;1-2H3. The Morgan fingerprint density at radius 3 is 2.47 bits per heavy atom. The molecule has 0 bridgehead atoms. The van der Waals surface area contributed by atoms with Crippen LogP contribution in [0, 0.1) is 27.6 Å². The van der Waals surface area contributed by atoms with Gasteiger partial charge in [-0.1, -0.05) is 25.6 Å². The fraction of sp³-hybridized carbons (Fsp3) is 0.583. The average Bonchev–Trinajstić information content (AvgIpc) is 3.76. The average molecular weight is 502 g/mol. The molecule has 2 aliphatic carbocycles. The van der Waals surface area contributed by atoms with E-state index in [1.165, 1.54) is 11.9 Å². The van der Waals surface area contributed by atoms with E-state index in [1.807, 2.05) is 26.1 Å². The smallest absolute Gasteiger partial charge is 0.169 e. The van der Waals surface area contributed by atoms with E-state index in [0.29, 0.717) is 55.7 Å². The molecule has 10 heteroatoms. The maximum absolute atomic E-state index is 16.1. The van der Waals surface area contributed by atoms with E-state index in [1.54, 1.807) is 10.6 Å². The number of hydrogen-bond acceptors (Lipinski definition) is 8. The van der Waals surface area contributed by atoms with Crippen LogP contribution in [-0.2, 0) is 5.67 Å². The molecular formula is C24H32FN7S2. The molecule has 182 valence electrons. The van der Waals surface area contributed by atoms with E-state index >= 15 is 4.39 Å². The van der Waals surface area contributed by atoms with Crippen molar-refractivity contribution >= 4 is 39.3 Å². The lowest BCUT2D eigenvalue weighted by Gasteiger charge is -2.31. The molecule has 1 aliphatic heterocycles. The second kappa shape index (κ2) is 9.61. The number of hydrogen-bond donors (Lipinski definition) is 4. The van der Waals surface area contributed by atoms with Crippen molar-refractivity contribution in [3.8, 4) is 6.07 Å². The fourth-order valence-electron chi connectivity index (χ4n) is 3.98. The summed E-state index contributed by atoms with van der Waals surface area (Å²) in [7, 11) is 0. The summed E-state index contributed by atoms with van der Waals surface area (Å²) in [5.41, 5.74) is -0.811. The van der Waals surface area contributed by atoms with Gasteiger partial charge >= 0.3 is 0 Å². The van der Waals surface area contributed by atoms with Crippen LogP contribution in [0.5, 0.6) is 0 Å². The Bertz CT molecular complexity index is 1140. The lowest BCUT2D eigenvalue weighted by atomic mass is 9.87. The molecule has 2 saturated carbocycles. The second-order valence-corrected chi connectivity index (χ2v) is 11.3. The highest BCUT2D eigenvalue weighted by molar-refractivity contribution is 8.26. The van der Waals surface area contributed by atoms with Gasteiger partial charge in [-0.2, -0.15) is 5.26 Å². The third-order valence-corrected chi connectivity index (χ3v) is 8.75. The molecule has 0 spiro atoms. The quantitative estimate of drug-likeness (QED) is 0.240. The number of piperidine rings is 1. The maximum Gasteiger partial charge on any atom is 0.169 e. The second-order valence-electron chi connectivity index (χ2n) is 9.36. The van der Waals surface area contributed by atoms with Crippen LogP contribution in [0.1, 0.15) is 70.7 Å². The van der Waals surface area contributed by atoms with Crippen LogP contribution in [0.3, 0.4) is 0 Å². The van der Waals surface area contributed by atoms with Crippen molar-refractivity contribution in [3.05, 3.63) is 29.8 Å².